The van der Waals surface area contributed by atoms with E-state index in [-0.39, 0.29) is 23.7 Å². The highest BCUT2D eigenvalue weighted by Gasteiger charge is 2.31. The lowest BCUT2D eigenvalue weighted by molar-refractivity contribution is -0.274. The van der Waals surface area contributed by atoms with Gasteiger partial charge in [-0.25, -0.2) is 14.5 Å². The number of hydrogen-bond donors (Lipinski definition) is 1. The van der Waals surface area contributed by atoms with Gasteiger partial charge >= 0.3 is 12.4 Å². The number of rotatable bonds is 9. The zero-order chi connectivity index (χ0) is 32.8. The molecule has 1 fully saturated rings. The van der Waals surface area contributed by atoms with Crippen molar-refractivity contribution in [2.24, 2.45) is 4.99 Å². The number of nitrogens with zero attached hydrogens (tertiary/aromatic N) is 5. The Labute approximate surface area is 271 Å². The van der Waals surface area contributed by atoms with Gasteiger partial charge in [-0.3, -0.25) is 0 Å². The summed E-state index contributed by atoms with van der Waals surface area (Å²) in [5, 5.41) is 8.18. The van der Waals surface area contributed by atoms with E-state index in [4.69, 9.17) is 0 Å². The Hall–Kier alpha value is -4.32. The average Bonchev–Trinajstić information content (AvgIpc) is 3.51. The van der Waals surface area contributed by atoms with Crippen LogP contribution in [-0.2, 0) is 6.42 Å². The molecule has 2 heterocycles. The minimum atomic E-state index is -4.75. The summed E-state index contributed by atoms with van der Waals surface area (Å²) in [7, 11) is 0. The number of carbonyl (C=O) groups excluding carboxylic acids is 1. The second kappa shape index (κ2) is 14.4. The molecule has 1 aliphatic heterocycles. The molecule has 0 aliphatic carbocycles. The Morgan fingerprint density at radius 1 is 1.13 bits per heavy atom. The normalized spacial score (nSPS) is 16.8. The number of anilines is 1. The maximum atomic E-state index is 13.0. The van der Waals surface area contributed by atoms with E-state index in [1.165, 1.54) is 46.4 Å². The highest BCUT2D eigenvalue weighted by Crippen LogP contribution is 2.33. The third-order valence-electron chi connectivity index (χ3n) is 7.75. The third kappa shape index (κ3) is 8.28. The summed E-state index contributed by atoms with van der Waals surface area (Å²) < 4.78 is 42.7. The fourth-order valence-corrected chi connectivity index (χ4v) is 6.49. The van der Waals surface area contributed by atoms with Gasteiger partial charge in [0.1, 0.15) is 12.1 Å². The Kier molecular flexibility index (Phi) is 10.4. The van der Waals surface area contributed by atoms with Gasteiger partial charge in [-0.2, -0.15) is 4.99 Å². The lowest BCUT2D eigenvalue weighted by Crippen LogP contribution is -2.42. The van der Waals surface area contributed by atoms with Crippen molar-refractivity contribution in [3.63, 3.8) is 0 Å². The molecule has 2 amide bonds. The number of ether oxygens (including phenoxy) is 1. The van der Waals surface area contributed by atoms with Crippen LogP contribution in [0.3, 0.4) is 0 Å². The van der Waals surface area contributed by atoms with E-state index in [1.54, 1.807) is 11.8 Å². The van der Waals surface area contributed by atoms with Crippen molar-refractivity contribution in [2.45, 2.75) is 65.3 Å². The van der Waals surface area contributed by atoms with Gasteiger partial charge in [0.15, 0.2) is 11.0 Å². The van der Waals surface area contributed by atoms with Gasteiger partial charge in [0.2, 0.25) is 0 Å². The molecule has 1 N–H and O–H groups in total. The fraction of sp³-hybridized carbons (Fsp3) is 0.353. The molecule has 4 aromatic rings. The number of halogens is 3. The van der Waals surface area contributed by atoms with E-state index < -0.39 is 6.36 Å². The van der Waals surface area contributed by atoms with Crippen molar-refractivity contribution in [3.8, 4) is 22.8 Å². The summed E-state index contributed by atoms with van der Waals surface area (Å²) in [5.41, 5.74) is 5.94. The molecule has 0 radical (unpaired) electrons. The number of benzene rings is 3. The Balaban J connectivity index is 1.21. The van der Waals surface area contributed by atoms with Crippen molar-refractivity contribution in [1.29, 1.82) is 0 Å². The van der Waals surface area contributed by atoms with Crippen molar-refractivity contribution in [1.82, 2.24) is 20.1 Å². The number of thioether (sulfide) groups is 1. The Morgan fingerprint density at radius 3 is 2.57 bits per heavy atom. The van der Waals surface area contributed by atoms with E-state index in [0.29, 0.717) is 18.1 Å². The number of amides is 2. The highest BCUT2D eigenvalue weighted by atomic mass is 32.2. The Bertz CT molecular complexity index is 1670. The lowest BCUT2D eigenvalue weighted by atomic mass is 10.00. The number of aromatic nitrogens is 3. The van der Waals surface area contributed by atoms with Gasteiger partial charge in [-0.05, 0) is 79.6 Å². The largest absolute Gasteiger partial charge is 0.573 e. The first kappa shape index (κ1) is 33.1. The summed E-state index contributed by atoms with van der Waals surface area (Å²) >= 11 is 1.62. The first-order chi connectivity index (χ1) is 22.0. The molecule has 46 heavy (non-hydrogen) atoms. The van der Waals surface area contributed by atoms with E-state index >= 15 is 0 Å². The van der Waals surface area contributed by atoms with E-state index in [9.17, 15) is 18.0 Å². The summed E-state index contributed by atoms with van der Waals surface area (Å²) in [4.78, 5) is 24.1. The molecule has 0 bridgehead atoms. The average molecular weight is 651 g/mol. The highest BCUT2D eigenvalue weighted by molar-refractivity contribution is 8.14. The van der Waals surface area contributed by atoms with Crippen LogP contribution >= 0.6 is 11.8 Å². The minimum absolute atomic E-state index is 0.0307. The van der Waals surface area contributed by atoms with Crippen molar-refractivity contribution in [3.05, 3.63) is 89.7 Å². The monoisotopic (exact) mass is 650 g/mol. The van der Waals surface area contributed by atoms with Crippen molar-refractivity contribution < 1.29 is 22.7 Å². The predicted molar refractivity (Wildman–Crippen MR) is 177 cm³/mol. The first-order valence-corrected chi connectivity index (χ1v) is 16.3. The molecule has 0 spiro atoms. The van der Waals surface area contributed by atoms with Crippen LogP contribution in [0, 0.1) is 6.92 Å². The van der Waals surface area contributed by atoms with Crippen LogP contribution in [0.25, 0.3) is 17.1 Å². The summed E-state index contributed by atoms with van der Waals surface area (Å²) in [6.45, 7) is 8.90. The molecule has 8 nitrogen and oxygen atoms in total. The van der Waals surface area contributed by atoms with Crippen molar-refractivity contribution in [2.75, 3.05) is 17.2 Å². The zero-order valence-corrected chi connectivity index (χ0v) is 27.0. The molecular weight excluding hydrogens is 613 g/mol. The zero-order valence-electron chi connectivity index (χ0n) is 26.2. The number of amidine groups is 1. The molecule has 1 saturated heterocycles. The smallest absolute Gasteiger partial charge is 0.406 e. The minimum Gasteiger partial charge on any atom is -0.406 e. The summed E-state index contributed by atoms with van der Waals surface area (Å²) in [6.07, 6.45) is -0.227. The second-order valence-electron chi connectivity index (χ2n) is 11.4. The maximum Gasteiger partial charge on any atom is 0.573 e. The molecule has 3 aromatic carbocycles. The quantitative estimate of drug-likeness (QED) is 0.196. The number of carbonyl (C=O) groups is 1. The Morgan fingerprint density at radius 2 is 1.87 bits per heavy atom. The molecule has 1 aromatic heterocycles. The number of nitrogens with one attached hydrogen (secondary N) is 1. The summed E-state index contributed by atoms with van der Waals surface area (Å²) in [6, 6.07) is 19.5. The van der Waals surface area contributed by atoms with Gasteiger partial charge in [0.25, 0.3) is 0 Å². The molecule has 12 heteroatoms. The van der Waals surface area contributed by atoms with Crippen LogP contribution in [0.4, 0.5) is 23.7 Å². The van der Waals surface area contributed by atoms with Gasteiger partial charge < -0.3 is 15.0 Å². The van der Waals surface area contributed by atoms with Crippen LogP contribution in [0.15, 0.2) is 78.0 Å². The van der Waals surface area contributed by atoms with Crippen LogP contribution in [0.5, 0.6) is 5.75 Å². The number of hydrogen-bond acceptors (Lipinski definition) is 5. The number of aryl methyl sites for hydroxylation is 2. The molecule has 5 rings (SSSR count). The van der Waals surface area contributed by atoms with Crippen LogP contribution in [0.1, 0.15) is 56.2 Å². The molecule has 2 atom stereocenters. The van der Waals surface area contributed by atoms with E-state index in [2.05, 4.69) is 69.0 Å². The van der Waals surface area contributed by atoms with E-state index in [1.807, 2.05) is 31.2 Å². The van der Waals surface area contributed by atoms with Crippen molar-refractivity contribution >= 4 is 28.6 Å². The topological polar surface area (TPSA) is 84.6 Å². The maximum absolute atomic E-state index is 13.0. The van der Waals surface area contributed by atoms with Gasteiger partial charge in [-0.1, -0.05) is 68.4 Å². The fourth-order valence-electron chi connectivity index (χ4n) is 5.28. The number of alkyl halides is 3. The van der Waals surface area contributed by atoms with Gasteiger partial charge in [0.05, 0.1) is 5.69 Å². The standard InChI is InChI=1S/C34H37F3N6O2S/c1-5-6-26-8-7-22(2)19-30(26)43-24(4)17-18-46-33(43)40-32(44)38-20-23(3)25-9-11-27(12-10-25)31-39-21-42(41-31)28-13-15-29(16-14-28)45-34(35,36)37/h7-16,19,21,23-24H,5-6,17-18,20H2,1-4H3,(H,38,44)/b40-33-. The van der Waals surface area contributed by atoms with Crippen LogP contribution in [-0.4, -0.2) is 50.7 Å². The molecule has 1 aliphatic rings. The molecule has 2 unspecified atom stereocenters. The van der Waals surface area contributed by atoms with Crippen LogP contribution in [0.2, 0.25) is 0 Å². The number of aliphatic imine (C=N–C) groups is 1. The molecule has 0 saturated carbocycles. The predicted octanol–water partition coefficient (Wildman–Crippen LogP) is 8.29. The first-order valence-electron chi connectivity index (χ1n) is 15.3. The van der Waals surface area contributed by atoms with Gasteiger partial charge in [-0.15, -0.1) is 18.3 Å². The lowest BCUT2D eigenvalue weighted by Gasteiger charge is -2.37. The molecular formula is C34H37F3N6O2S. The van der Waals surface area contributed by atoms with Crippen LogP contribution < -0.4 is 15.0 Å². The second-order valence-corrected chi connectivity index (χ2v) is 12.5. The van der Waals surface area contributed by atoms with Gasteiger partial charge in [0, 0.05) is 29.6 Å². The van der Waals surface area contributed by atoms with E-state index in [0.717, 1.165) is 47.0 Å². The third-order valence-corrected chi connectivity index (χ3v) is 8.74. The molecule has 242 valence electrons. The summed E-state index contributed by atoms with van der Waals surface area (Å²) in [5.74, 6) is 1.11. The number of urea groups is 1. The SMILES string of the molecule is CCCc1ccc(C)cc1N1/C(=N/C(=O)NCC(C)c2ccc(-c3ncn(-c4ccc(OC(F)(F)F)cc4)n3)cc2)SCCC1C.